The quantitative estimate of drug-likeness (QED) is 0.113. The number of rotatable bonds is 8. The fourth-order valence-corrected chi connectivity index (χ4v) is 16.8. The number of aromatic nitrogens is 8. The molecule has 4 aliphatic heterocycles. The highest BCUT2D eigenvalue weighted by Crippen LogP contribution is 2.45. The van der Waals surface area contributed by atoms with Crippen LogP contribution in [0.25, 0.3) is 182 Å². The highest BCUT2D eigenvalue weighted by molar-refractivity contribution is 6.04. The summed E-state index contributed by atoms with van der Waals surface area (Å²) >= 11 is 0. The van der Waals surface area contributed by atoms with Crippen LogP contribution >= 0.6 is 0 Å². The zero-order valence-corrected chi connectivity index (χ0v) is 61.3. The van der Waals surface area contributed by atoms with Crippen LogP contribution in [0.5, 0.6) is 0 Å². The first-order valence-electron chi connectivity index (χ1n) is 36.7. The summed E-state index contributed by atoms with van der Waals surface area (Å²) in [6.45, 7) is 19.8. The van der Waals surface area contributed by atoms with Crippen molar-refractivity contribution in [1.29, 1.82) is 0 Å². The Kier molecular flexibility index (Phi) is 16.3. The van der Waals surface area contributed by atoms with E-state index in [0.717, 1.165) is 184 Å². The van der Waals surface area contributed by atoms with Crippen LogP contribution in [0, 0.1) is 74.2 Å². The van der Waals surface area contributed by atoms with Crippen molar-refractivity contribution in [3.8, 4) is 101 Å². The number of nitrogens with zero attached hydrogens (tertiary/aromatic N) is 4. The lowest BCUT2D eigenvalue weighted by molar-refractivity contribution is 1.27. The Labute approximate surface area is 623 Å². The van der Waals surface area contributed by atoms with Gasteiger partial charge in [-0.3, -0.25) is 0 Å². The Balaban J connectivity index is 0.785. The summed E-state index contributed by atoms with van der Waals surface area (Å²) in [6, 6.07) is 80.1. The second-order valence-electron chi connectivity index (χ2n) is 28.8. The van der Waals surface area contributed by atoms with Gasteiger partial charge < -0.3 is 19.9 Å². The summed E-state index contributed by atoms with van der Waals surface area (Å²) in [5.41, 5.74) is 43.9. The molecular formula is C99H76N8. The third kappa shape index (κ3) is 12.0. The van der Waals surface area contributed by atoms with Crippen LogP contribution in [0.2, 0.25) is 0 Å². The largest absolute Gasteiger partial charge is 0.354 e. The first kappa shape index (κ1) is 65.5. The molecule has 107 heavy (non-hydrogen) atoms. The van der Waals surface area contributed by atoms with Crippen molar-refractivity contribution in [2.24, 2.45) is 0 Å². The Bertz CT molecular complexity index is 6450. The van der Waals surface area contributed by atoms with Gasteiger partial charge >= 0.3 is 0 Å². The van der Waals surface area contributed by atoms with Gasteiger partial charge in [0, 0.05) is 99.8 Å². The van der Waals surface area contributed by atoms with Crippen LogP contribution in [-0.2, 0) is 0 Å². The van der Waals surface area contributed by atoms with Crippen molar-refractivity contribution in [2.75, 3.05) is 0 Å². The van der Waals surface area contributed by atoms with Crippen LogP contribution in [-0.4, -0.2) is 39.9 Å². The third-order valence-electron chi connectivity index (χ3n) is 21.2. The number of benzene rings is 8. The molecule has 8 heteroatoms. The van der Waals surface area contributed by atoms with Gasteiger partial charge in [-0.15, -0.1) is 0 Å². The van der Waals surface area contributed by atoms with Crippen LogP contribution in [0.3, 0.4) is 0 Å². The standard InChI is InChI=1S/C99H76N8/c1-57-51-60(4)89(61(5)52-57)97-83-45-43-81(104-83)96(82-44-46-84(105-82)98(90-62(6)53-58(2)54-63(90)7)86-48-50-88(107-86)99(87-49-47-85(97)106-87)91-64(8)55-59(3)56-65(91)9)72-33-29-67(30-34-72)26-25-66-27-31-71(32-28-66)95-79-41-39-77(102-79)93(69-21-15-11-16-22-69)75-37-35-73(100-75)92(68-19-13-10-14-20-68)74-36-38-76(101-74)94(70-23-17-12-18-24-70)78-40-42-80(95)103-78/h10-24,27-56,100,103-104,107H,1-9H3. The summed E-state index contributed by atoms with van der Waals surface area (Å²) in [6.07, 6.45) is 17.4. The van der Waals surface area contributed by atoms with Gasteiger partial charge in [0.15, 0.2) is 0 Å². The second kappa shape index (κ2) is 26.7. The topological polar surface area (TPSA) is 115 Å². The van der Waals surface area contributed by atoms with E-state index < -0.39 is 0 Å². The van der Waals surface area contributed by atoms with Crippen LogP contribution in [0.4, 0.5) is 0 Å². The first-order chi connectivity index (χ1) is 52.2. The summed E-state index contributed by atoms with van der Waals surface area (Å²) in [5.74, 6) is 7.10. The predicted octanol–water partition coefficient (Wildman–Crippen LogP) is 25.1. The van der Waals surface area contributed by atoms with Crippen molar-refractivity contribution in [2.45, 2.75) is 62.3 Å². The fourth-order valence-electron chi connectivity index (χ4n) is 16.8. The number of hydrogen-bond donors (Lipinski definition) is 4. The van der Waals surface area contributed by atoms with Gasteiger partial charge in [0.25, 0.3) is 0 Å². The molecule has 0 amide bonds. The molecule has 10 heterocycles. The molecule has 14 aromatic rings. The number of nitrogens with one attached hydrogen (secondary N) is 4. The Morgan fingerprint density at radius 1 is 0.196 bits per heavy atom. The molecule has 0 unspecified atom stereocenters. The number of fused-ring (bicyclic) bond motifs is 16. The van der Waals surface area contributed by atoms with E-state index in [1.165, 1.54) is 55.6 Å². The summed E-state index contributed by atoms with van der Waals surface area (Å²) in [4.78, 5) is 38.3. The van der Waals surface area contributed by atoms with E-state index in [4.69, 9.17) is 19.9 Å². The minimum Gasteiger partial charge on any atom is -0.354 e. The number of aryl methyl sites for hydroxylation is 9. The molecule has 16 bridgehead atoms. The SMILES string of the molecule is Cc1cc(C)c(-c2c3nc(c(-c4c(C)cc(C)cc4C)c4ccc([nH]4)c(-c4c(C)cc(C)cc4C)c4nc(c(-c5ccc(C#Cc6ccc(-c7c8nc(c(-c9ccccc9)c9ccc([nH]9)c(-c9ccccc9)c9nc(c(-c%10ccccc%10)c%10ccc7[nH]%10)C=C9)C=C8)cc6)cc5)c5ccc2[nH]5)C=C4)C=C3)c(C)c1. The molecule has 0 saturated heterocycles. The van der Waals surface area contributed by atoms with Crippen molar-refractivity contribution in [3.05, 3.63) is 331 Å². The molecule has 8 nitrogen and oxygen atoms in total. The average molecular weight is 1380 g/mol. The van der Waals surface area contributed by atoms with Gasteiger partial charge in [-0.05, 0) is 262 Å². The lowest BCUT2D eigenvalue weighted by atomic mass is 9.92. The van der Waals surface area contributed by atoms with Crippen LogP contribution in [0.15, 0.2) is 224 Å². The van der Waals surface area contributed by atoms with E-state index in [9.17, 15) is 0 Å². The summed E-state index contributed by atoms with van der Waals surface area (Å²) in [7, 11) is 0. The van der Waals surface area contributed by atoms with Crippen molar-refractivity contribution >= 4 is 92.7 Å². The molecule has 512 valence electrons. The lowest BCUT2D eigenvalue weighted by Gasteiger charge is -2.14. The van der Waals surface area contributed by atoms with E-state index in [2.05, 4.69) is 367 Å². The minimum atomic E-state index is 0.837. The molecule has 6 aromatic heterocycles. The molecule has 4 N–H and O–H groups in total. The number of aromatic amines is 4. The van der Waals surface area contributed by atoms with E-state index in [1.807, 2.05) is 0 Å². The minimum absolute atomic E-state index is 0.837. The monoisotopic (exact) mass is 1380 g/mol. The molecule has 0 aliphatic carbocycles. The Hall–Kier alpha value is -13.5. The highest BCUT2D eigenvalue weighted by Gasteiger charge is 2.25. The highest BCUT2D eigenvalue weighted by atomic mass is 14.8. The van der Waals surface area contributed by atoms with E-state index >= 15 is 0 Å². The fraction of sp³-hybridized carbons (Fsp3) is 0.0909. The average Bonchev–Trinajstić information content (AvgIpc) is 1.64. The van der Waals surface area contributed by atoms with E-state index in [-0.39, 0.29) is 0 Å². The lowest BCUT2D eigenvalue weighted by Crippen LogP contribution is -1.96. The number of hydrogen-bond acceptors (Lipinski definition) is 4. The zero-order valence-electron chi connectivity index (χ0n) is 61.3. The van der Waals surface area contributed by atoms with Gasteiger partial charge in [-0.1, -0.05) is 180 Å². The Morgan fingerprint density at radius 2 is 0.383 bits per heavy atom. The predicted molar refractivity (Wildman–Crippen MR) is 450 cm³/mol. The normalized spacial score (nSPS) is 12.1. The zero-order chi connectivity index (χ0) is 72.7. The van der Waals surface area contributed by atoms with E-state index in [0.29, 0.717) is 0 Å². The van der Waals surface area contributed by atoms with Gasteiger partial charge in [0.2, 0.25) is 0 Å². The van der Waals surface area contributed by atoms with Gasteiger partial charge in [-0.25, -0.2) is 19.9 Å². The van der Waals surface area contributed by atoms with Gasteiger partial charge in [-0.2, -0.15) is 0 Å². The maximum absolute atomic E-state index is 5.72. The molecular weight excluding hydrogens is 1300 g/mol. The van der Waals surface area contributed by atoms with Crippen molar-refractivity contribution < 1.29 is 0 Å². The van der Waals surface area contributed by atoms with E-state index in [1.54, 1.807) is 0 Å². The van der Waals surface area contributed by atoms with Gasteiger partial charge in [0.05, 0.1) is 45.6 Å². The molecule has 0 saturated carbocycles. The molecule has 0 atom stereocenters. The first-order valence-corrected chi connectivity index (χ1v) is 36.7. The van der Waals surface area contributed by atoms with Gasteiger partial charge in [0.1, 0.15) is 0 Å². The third-order valence-corrected chi connectivity index (χ3v) is 21.2. The maximum Gasteiger partial charge on any atom is 0.0737 e. The summed E-state index contributed by atoms with van der Waals surface area (Å²) < 4.78 is 0. The molecule has 0 radical (unpaired) electrons. The molecule has 8 aromatic carbocycles. The summed E-state index contributed by atoms with van der Waals surface area (Å²) in [5, 5.41) is 0. The smallest absolute Gasteiger partial charge is 0.0737 e. The molecule has 18 rings (SSSR count). The number of H-pyrrole nitrogens is 4. The van der Waals surface area contributed by atoms with Crippen molar-refractivity contribution in [1.82, 2.24) is 39.9 Å². The Morgan fingerprint density at radius 3 is 0.598 bits per heavy atom. The molecule has 0 fully saturated rings. The molecule has 4 aliphatic rings. The van der Waals surface area contributed by atoms with Crippen molar-refractivity contribution in [3.63, 3.8) is 0 Å². The second-order valence-corrected chi connectivity index (χ2v) is 28.8. The van der Waals surface area contributed by atoms with Crippen LogP contribution < -0.4 is 0 Å². The molecule has 0 spiro atoms. The van der Waals surface area contributed by atoms with Crippen LogP contribution in [0.1, 0.15) is 107 Å². The maximum atomic E-state index is 5.72.